The second kappa shape index (κ2) is 13.5. The highest BCUT2D eigenvalue weighted by molar-refractivity contribution is 7.92. The number of carbonyl (C=O) groups excluding carboxylic acids is 2. The second-order valence-electron chi connectivity index (χ2n) is 10.2. The monoisotopic (exact) mass is 635 g/mol. The van der Waals surface area contributed by atoms with Gasteiger partial charge >= 0.3 is 0 Å². The first-order valence-corrected chi connectivity index (χ1v) is 15.9. The standard InChI is InChI=1S/C30H32Cl3N3O4S/c1-20-7-3-6-10-28(20)36(41(39,40)26-15-13-23(31)14-16-26)19-29(37)35(18-22-11-12-24(32)17-27(22)33)21(2)30(38)34-25-8-4-5-9-25/h3,6-7,10-17,21,25H,4-5,8-9,18-19H2,1-2H3,(H,34,38)/t21-/m0/s1. The molecule has 3 aromatic carbocycles. The van der Waals surface area contributed by atoms with E-state index in [4.69, 9.17) is 34.8 Å². The summed E-state index contributed by atoms with van der Waals surface area (Å²) in [5.41, 5.74) is 1.59. The molecule has 0 aromatic heterocycles. The lowest BCUT2D eigenvalue weighted by atomic mass is 10.1. The van der Waals surface area contributed by atoms with Gasteiger partial charge < -0.3 is 10.2 Å². The Balaban J connectivity index is 1.71. The number of anilines is 1. The van der Waals surface area contributed by atoms with E-state index in [-0.39, 0.29) is 23.4 Å². The first kappa shape index (κ1) is 31.2. The molecule has 1 aliphatic rings. The molecule has 1 fully saturated rings. The minimum Gasteiger partial charge on any atom is -0.352 e. The van der Waals surface area contributed by atoms with Gasteiger partial charge in [0, 0.05) is 27.7 Å². The van der Waals surface area contributed by atoms with Gasteiger partial charge in [0.05, 0.1) is 10.6 Å². The van der Waals surface area contributed by atoms with Gasteiger partial charge in [0.1, 0.15) is 12.6 Å². The van der Waals surface area contributed by atoms with Gasteiger partial charge in [-0.05, 0) is 80.3 Å². The Hall–Kier alpha value is -2.78. The van der Waals surface area contributed by atoms with Crippen LogP contribution < -0.4 is 9.62 Å². The van der Waals surface area contributed by atoms with E-state index in [1.54, 1.807) is 56.3 Å². The number of sulfonamides is 1. The van der Waals surface area contributed by atoms with Crippen LogP contribution in [0, 0.1) is 6.92 Å². The summed E-state index contributed by atoms with van der Waals surface area (Å²) in [4.78, 5) is 28.8. The van der Waals surface area contributed by atoms with Crippen molar-refractivity contribution in [1.82, 2.24) is 10.2 Å². The minimum atomic E-state index is -4.19. The fourth-order valence-corrected chi connectivity index (χ4v) is 6.97. The van der Waals surface area contributed by atoms with Crippen LogP contribution in [0.3, 0.4) is 0 Å². The number of para-hydroxylation sites is 1. The van der Waals surface area contributed by atoms with Crippen LogP contribution in [-0.4, -0.2) is 43.8 Å². The summed E-state index contributed by atoms with van der Waals surface area (Å²) in [6.45, 7) is 2.85. The first-order valence-electron chi connectivity index (χ1n) is 13.3. The third kappa shape index (κ3) is 7.55. The van der Waals surface area contributed by atoms with Gasteiger partial charge in [0.15, 0.2) is 0 Å². The van der Waals surface area contributed by atoms with Gasteiger partial charge in [-0.1, -0.05) is 71.9 Å². The highest BCUT2D eigenvalue weighted by Gasteiger charge is 2.34. The zero-order valence-corrected chi connectivity index (χ0v) is 25.9. The number of carbonyl (C=O) groups is 2. The van der Waals surface area contributed by atoms with Crippen LogP contribution in [0.4, 0.5) is 5.69 Å². The second-order valence-corrected chi connectivity index (χ2v) is 13.3. The summed E-state index contributed by atoms with van der Waals surface area (Å²) < 4.78 is 28.9. The molecule has 1 atom stereocenters. The van der Waals surface area contributed by atoms with Crippen LogP contribution in [-0.2, 0) is 26.2 Å². The van der Waals surface area contributed by atoms with Crippen LogP contribution in [0.15, 0.2) is 71.6 Å². The Bertz CT molecular complexity index is 1510. The highest BCUT2D eigenvalue weighted by atomic mass is 35.5. The fourth-order valence-electron chi connectivity index (χ4n) is 4.90. The molecule has 0 spiro atoms. The van der Waals surface area contributed by atoms with Crippen LogP contribution in [0.1, 0.15) is 43.7 Å². The minimum absolute atomic E-state index is 0.0164. The third-order valence-corrected chi connectivity index (χ3v) is 9.90. The molecule has 3 aromatic rings. The molecule has 1 N–H and O–H groups in total. The van der Waals surface area contributed by atoms with Gasteiger partial charge in [-0.15, -0.1) is 0 Å². The summed E-state index contributed by atoms with van der Waals surface area (Å²) in [7, 11) is -4.19. The first-order chi connectivity index (χ1) is 19.5. The van der Waals surface area contributed by atoms with E-state index in [1.165, 1.54) is 29.2 Å². The molecule has 1 saturated carbocycles. The molecule has 0 radical (unpaired) electrons. The summed E-state index contributed by atoms with van der Waals surface area (Å²) in [6.07, 6.45) is 3.85. The number of amides is 2. The SMILES string of the molecule is Cc1ccccc1N(CC(=O)N(Cc1ccc(Cl)cc1Cl)[C@@H](C)C(=O)NC1CCCC1)S(=O)(=O)c1ccc(Cl)cc1. The van der Waals surface area contributed by atoms with E-state index >= 15 is 0 Å². The van der Waals surface area contributed by atoms with E-state index in [9.17, 15) is 18.0 Å². The average Bonchev–Trinajstić information content (AvgIpc) is 3.44. The molecular formula is C30H32Cl3N3O4S. The van der Waals surface area contributed by atoms with Gasteiger partial charge in [-0.2, -0.15) is 0 Å². The van der Waals surface area contributed by atoms with Crippen molar-refractivity contribution >= 4 is 62.3 Å². The van der Waals surface area contributed by atoms with Crippen molar-refractivity contribution in [3.63, 3.8) is 0 Å². The highest BCUT2D eigenvalue weighted by Crippen LogP contribution is 2.29. The molecule has 4 rings (SSSR count). The molecule has 0 heterocycles. The normalized spacial score (nSPS) is 14.5. The molecule has 7 nitrogen and oxygen atoms in total. The average molecular weight is 637 g/mol. The van der Waals surface area contributed by atoms with Gasteiger partial charge in [0.2, 0.25) is 11.8 Å². The number of rotatable bonds is 10. The fraction of sp³-hybridized carbons (Fsp3) is 0.333. The topological polar surface area (TPSA) is 86.8 Å². The number of benzene rings is 3. The maximum absolute atomic E-state index is 14.1. The number of aryl methyl sites for hydroxylation is 1. The Morgan fingerprint density at radius 3 is 2.22 bits per heavy atom. The van der Waals surface area contributed by atoms with Crippen molar-refractivity contribution in [3.8, 4) is 0 Å². The zero-order chi connectivity index (χ0) is 29.7. The molecule has 0 aliphatic heterocycles. The van der Waals surface area contributed by atoms with E-state index in [1.807, 2.05) is 0 Å². The molecule has 0 bridgehead atoms. The molecule has 1 aliphatic carbocycles. The number of halogens is 3. The van der Waals surface area contributed by atoms with Gasteiger partial charge in [0.25, 0.3) is 10.0 Å². The Morgan fingerprint density at radius 2 is 1.59 bits per heavy atom. The van der Waals surface area contributed by atoms with Gasteiger partial charge in [-0.25, -0.2) is 8.42 Å². The summed E-state index contributed by atoms with van der Waals surface area (Å²) in [5.74, 6) is -0.871. The maximum atomic E-state index is 14.1. The lowest BCUT2D eigenvalue weighted by Gasteiger charge is -2.33. The summed E-state index contributed by atoms with van der Waals surface area (Å²) in [5, 5.41) is 4.20. The van der Waals surface area contributed by atoms with E-state index < -0.39 is 28.5 Å². The van der Waals surface area contributed by atoms with E-state index in [2.05, 4.69) is 5.32 Å². The van der Waals surface area contributed by atoms with Crippen molar-refractivity contribution < 1.29 is 18.0 Å². The predicted octanol–water partition coefficient (Wildman–Crippen LogP) is 6.63. The molecule has 0 unspecified atom stereocenters. The smallest absolute Gasteiger partial charge is 0.264 e. The number of hydrogen-bond donors (Lipinski definition) is 1. The van der Waals surface area contributed by atoms with Crippen molar-refractivity contribution in [2.24, 2.45) is 0 Å². The van der Waals surface area contributed by atoms with Crippen molar-refractivity contribution in [2.75, 3.05) is 10.8 Å². The molecule has 11 heteroatoms. The number of nitrogens with zero attached hydrogens (tertiary/aromatic N) is 2. The van der Waals surface area contributed by atoms with Crippen LogP contribution in [0.25, 0.3) is 0 Å². The van der Waals surface area contributed by atoms with E-state index in [0.29, 0.717) is 31.9 Å². The largest absolute Gasteiger partial charge is 0.352 e. The maximum Gasteiger partial charge on any atom is 0.264 e. The predicted molar refractivity (Wildman–Crippen MR) is 164 cm³/mol. The Labute approximate surface area is 256 Å². The van der Waals surface area contributed by atoms with Crippen molar-refractivity contribution in [2.45, 2.75) is 63.1 Å². The molecule has 2 amide bonds. The van der Waals surface area contributed by atoms with Crippen molar-refractivity contribution in [1.29, 1.82) is 0 Å². The summed E-state index contributed by atoms with van der Waals surface area (Å²) >= 11 is 18.5. The Kier molecular flexibility index (Phi) is 10.2. The quantitative estimate of drug-likeness (QED) is 0.271. The molecule has 0 saturated heterocycles. The van der Waals surface area contributed by atoms with Crippen LogP contribution in [0.5, 0.6) is 0 Å². The van der Waals surface area contributed by atoms with Crippen molar-refractivity contribution in [3.05, 3.63) is 92.9 Å². The van der Waals surface area contributed by atoms with Crippen LogP contribution in [0.2, 0.25) is 15.1 Å². The van der Waals surface area contributed by atoms with Crippen LogP contribution >= 0.6 is 34.8 Å². The molecule has 41 heavy (non-hydrogen) atoms. The lowest BCUT2D eigenvalue weighted by Crippen LogP contribution is -2.52. The zero-order valence-electron chi connectivity index (χ0n) is 22.8. The Morgan fingerprint density at radius 1 is 0.951 bits per heavy atom. The lowest BCUT2D eigenvalue weighted by molar-refractivity contribution is -0.139. The van der Waals surface area contributed by atoms with E-state index in [0.717, 1.165) is 30.0 Å². The third-order valence-electron chi connectivity index (χ3n) is 7.29. The number of hydrogen-bond acceptors (Lipinski definition) is 4. The number of nitrogens with one attached hydrogen (secondary N) is 1. The molecule has 218 valence electrons. The molecular weight excluding hydrogens is 605 g/mol. The van der Waals surface area contributed by atoms with Gasteiger partial charge in [-0.3, -0.25) is 13.9 Å². The summed E-state index contributed by atoms with van der Waals surface area (Å²) in [6, 6.07) is 16.7.